The molecule has 1 aliphatic rings. The van der Waals surface area contributed by atoms with Crippen LogP contribution in [0.1, 0.15) is 33.1 Å². The zero-order valence-electron chi connectivity index (χ0n) is 12.7. The molecule has 1 aromatic carbocycles. The van der Waals surface area contributed by atoms with Crippen molar-refractivity contribution in [3.05, 3.63) is 24.3 Å². The molecule has 1 unspecified atom stereocenters. The van der Waals surface area contributed by atoms with Crippen LogP contribution in [0.2, 0.25) is 0 Å². The van der Waals surface area contributed by atoms with Gasteiger partial charge in [-0.15, -0.1) is 0 Å². The minimum atomic E-state index is -2.78. The molecular formula is C16H24F2N2O. The Balaban J connectivity index is 1.92. The van der Waals surface area contributed by atoms with E-state index in [-0.39, 0.29) is 5.75 Å². The fourth-order valence-corrected chi connectivity index (χ4v) is 2.78. The molecule has 1 saturated heterocycles. The maximum absolute atomic E-state index is 12.2. The van der Waals surface area contributed by atoms with Gasteiger partial charge in [0.15, 0.2) is 0 Å². The first-order valence-electron chi connectivity index (χ1n) is 7.60. The first-order chi connectivity index (χ1) is 10.0. The zero-order chi connectivity index (χ0) is 15.2. The van der Waals surface area contributed by atoms with Gasteiger partial charge in [0, 0.05) is 30.4 Å². The summed E-state index contributed by atoms with van der Waals surface area (Å²) in [6.07, 6.45) is 3.32. The Labute approximate surface area is 125 Å². The number of rotatable bonds is 5. The van der Waals surface area contributed by atoms with Gasteiger partial charge in [0.05, 0.1) is 0 Å². The Kier molecular flexibility index (Phi) is 5.79. The lowest BCUT2D eigenvalue weighted by Crippen LogP contribution is -2.32. The summed E-state index contributed by atoms with van der Waals surface area (Å²) < 4.78 is 28.9. The second kappa shape index (κ2) is 7.59. The summed E-state index contributed by atoms with van der Waals surface area (Å²) in [6, 6.07) is 7.77. The Hall–Kier alpha value is -1.36. The smallest absolute Gasteiger partial charge is 0.387 e. The van der Waals surface area contributed by atoms with E-state index in [2.05, 4.69) is 28.8 Å². The van der Waals surface area contributed by atoms with Crippen molar-refractivity contribution < 1.29 is 13.5 Å². The van der Waals surface area contributed by atoms with Gasteiger partial charge in [0.25, 0.3) is 0 Å². The summed E-state index contributed by atoms with van der Waals surface area (Å²) in [5, 5.41) is 3.44. The van der Waals surface area contributed by atoms with E-state index in [9.17, 15) is 8.78 Å². The number of halogens is 2. The van der Waals surface area contributed by atoms with E-state index >= 15 is 0 Å². The van der Waals surface area contributed by atoms with E-state index in [0.29, 0.717) is 12.1 Å². The standard InChI is InChI=1S/C16H24F2N2O/c1-12(2)20-9-4-6-13(8-10-20)19-14-5-3-7-15(11-14)21-16(17)18/h3,5,7,11-13,16,19H,4,6,8-10H2,1-2H3. The molecule has 1 N–H and O–H groups in total. The van der Waals surface area contributed by atoms with Crippen LogP contribution in [0.15, 0.2) is 24.3 Å². The molecule has 0 amide bonds. The highest BCUT2D eigenvalue weighted by Crippen LogP contribution is 2.22. The van der Waals surface area contributed by atoms with E-state index in [0.717, 1.165) is 38.0 Å². The van der Waals surface area contributed by atoms with Crippen LogP contribution >= 0.6 is 0 Å². The van der Waals surface area contributed by atoms with Crippen LogP contribution in [0.5, 0.6) is 5.75 Å². The number of alkyl halides is 2. The topological polar surface area (TPSA) is 24.5 Å². The van der Waals surface area contributed by atoms with E-state index in [1.165, 1.54) is 0 Å². The number of nitrogens with zero attached hydrogens (tertiary/aromatic N) is 1. The average Bonchev–Trinajstić information content (AvgIpc) is 2.64. The van der Waals surface area contributed by atoms with Crippen molar-refractivity contribution in [2.24, 2.45) is 0 Å². The van der Waals surface area contributed by atoms with Crippen molar-refractivity contribution in [2.75, 3.05) is 18.4 Å². The van der Waals surface area contributed by atoms with Gasteiger partial charge in [-0.1, -0.05) is 6.07 Å². The number of benzene rings is 1. The van der Waals surface area contributed by atoms with E-state index in [1.54, 1.807) is 18.2 Å². The molecule has 0 radical (unpaired) electrons. The van der Waals surface area contributed by atoms with Crippen molar-refractivity contribution in [1.82, 2.24) is 4.90 Å². The molecule has 5 heteroatoms. The molecule has 118 valence electrons. The summed E-state index contributed by atoms with van der Waals surface area (Å²) in [4.78, 5) is 2.48. The highest BCUT2D eigenvalue weighted by Gasteiger charge is 2.18. The second-order valence-corrected chi connectivity index (χ2v) is 5.81. The molecule has 0 aromatic heterocycles. The lowest BCUT2D eigenvalue weighted by Gasteiger charge is -2.24. The molecule has 1 heterocycles. The largest absolute Gasteiger partial charge is 0.435 e. The predicted octanol–water partition coefficient (Wildman–Crippen LogP) is 3.96. The molecule has 21 heavy (non-hydrogen) atoms. The number of likely N-dealkylation sites (tertiary alicyclic amines) is 1. The van der Waals surface area contributed by atoms with Gasteiger partial charge in [-0.25, -0.2) is 0 Å². The SMILES string of the molecule is CC(C)N1CCCC(Nc2cccc(OC(F)F)c2)CC1. The van der Waals surface area contributed by atoms with Crippen molar-refractivity contribution in [3.63, 3.8) is 0 Å². The molecule has 2 rings (SSSR count). The van der Waals surface area contributed by atoms with Crippen LogP contribution in [0.3, 0.4) is 0 Å². The Bertz CT molecular complexity index is 440. The van der Waals surface area contributed by atoms with Crippen molar-refractivity contribution in [3.8, 4) is 5.75 Å². The first-order valence-corrected chi connectivity index (χ1v) is 7.60. The van der Waals surface area contributed by atoms with E-state index < -0.39 is 6.61 Å². The lowest BCUT2D eigenvalue weighted by atomic mass is 10.1. The van der Waals surface area contributed by atoms with Crippen molar-refractivity contribution in [1.29, 1.82) is 0 Å². The fraction of sp³-hybridized carbons (Fsp3) is 0.625. The Morgan fingerprint density at radius 2 is 2.05 bits per heavy atom. The van der Waals surface area contributed by atoms with Crippen LogP contribution < -0.4 is 10.1 Å². The molecule has 0 aliphatic carbocycles. The Morgan fingerprint density at radius 1 is 1.24 bits per heavy atom. The molecule has 0 bridgehead atoms. The fourth-order valence-electron chi connectivity index (χ4n) is 2.78. The second-order valence-electron chi connectivity index (χ2n) is 5.81. The van der Waals surface area contributed by atoms with Gasteiger partial charge in [-0.05, 0) is 51.8 Å². The van der Waals surface area contributed by atoms with Crippen LogP contribution in [-0.2, 0) is 0 Å². The number of nitrogens with one attached hydrogen (secondary N) is 1. The summed E-state index contributed by atoms with van der Waals surface area (Å²) in [5.41, 5.74) is 0.844. The number of anilines is 1. The van der Waals surface area contributed by atoms with Gasteiger partial charge in [0.1, 0.15) is 5.75 Å². The molecule has 1 atom stereocenters. The van der Waals surface area contributed by atoms with Crippen molar-refractivity contribution >= 4 is 5.69 Å². The molecule has 0 saturated carbocycles. The number of hydrogen-bond acceptors (Lipinski definition) is 3. The molecule has 1 aromatic rings. The summed E-state index contributed by atoms with van der Waals surface area (Å²) >= 11 is 0. The first kappa shape index (κ1) is 16.0. The van der Waals surface area contributed by atoms with Gasteiger partial charge in [-0.3, -0.25) is 0 Å². The predicted molar refractivity (Wildman–Crippen MR) is 81.0 cm³/mol. The van der Waals surface area contributed by atoms with Gasteiger partial charge in [0.2, 0.25) is 0 Å². The Morgan fingerprint density at radius 3 is 2.76 bits per heavy atom. The quantitative estimate of drug-likeness (QED) is 0.890. The van der Waals surface area contributed by atoms with Gasteiger partial charge in [-0.2, -0.15) is 8.78 Å². The van der Waals surface area contributed by atoms with Crippen LogP contribution in [0.25, 0.3) is 0 Å². The van der Waals surface area contributed by atoms with Gasteiger partial charge < -0.3 is 15.0 Å². The maximum atomic E-state index is 12.2. The van der Waals surface area contributed by atoms with Crippen LogP contribution in [0, 0.1) is 0 Å². The van der Waals surface area contributed by atoms with E-state index in [1.807, 2.05) is 6.07 Å². The van der Waals surface area contributed by atoms with Crippen molar-refractivity contribution in [2.45, 2.75) is 51.8 Å². The number of hydrogen-bond donors (Lipinski definition) is 1. The minimum Gasteiger partial charge on any atom is -0.435 e. The minimum absolute atomic E-state index is 0.201. The molecule has 1 aliphatic heterocycles. The third-order valence-corrected chi connectivity index (χ3v) is 3.92. The molecule has 3 nitrogen and oxygen atoms in total. The van der Waals surface area contributed by atoms with Crippen LogP contribution in [-0.4, -0.2) is 36.7 Å². The molecular weight excluding hydrogens is 274 g/mol. The highest BCUT2D eigenvalue weighted by atomic mass is 19.3. The third-order valence-electron chi connectivity index (χ3n) is 3.92. The zero-order valence-corrected chi connectivity index (χ0v) is 12.7. The summed E-state index contributed by atoms with van der Waals surface area (Å²) in [5.74, 6) is 0.201. The average molecular weight is 298 g/mol. The highest BCUT2D eigenvalue weighted by molar-refractivity contribution is 5.48. The summed E-state index contributed by atoms with van der Waals surface area (Å²) in [7, 11) is 0. The molecule has 1 fully saturated rings. The third kappa shape index (κ3) is 5.16. The lowest BCUT2D eigenvalue weighted by molar-refractivity contribution is -0.0498. The maximum Gasteiger partial charge on any atom is 0.387 e. The van der Waals surface area contributed by atoms with Gasteiger partial charge >= 0.3 is 6.61 Å². The summed E-state index contributed by atoms with van der Waals surface area (Å²) in [6.45, 7) is 3.86. The van der Waals surface area contributed by atoms with Crippen LogP contribution in [0.4, 0.5) is 14.5 Å². The normalized spacial score (nSPS) is 20.6. The number of ether oxygens (including phenoxy) is 1. The monoisotopic (exact) mass is 298 g/mol. The van der Waals surface area contributed by atoms with E-state index in [4.69, 9.17) is 0 Å². The molecule has 0 spiro atoms.